The van der Waals surface area contributed by atoms with Crippen molar-refractivity contribution in [2.24, 2.45) is 5.10 Å². The minimum absolute atomic E-state index is 0.491. The van der Waals surface area contributed by atoms with Gasteiger partial charge < -0.3 is 5.32 Å². The Balaban J connectivity index is 2.45. The number of nitrogens with zero attached hydrogens (tertiary/aromatic N) is 2. The van der Waals surface area contributed by atoms with Crippen LogP contribution in [0.25, 0.3) is 0 Å². The second-order valence-corrected chi connectivity index (χ2v) is 2.64. The molecule has 0 aliphatic carbocycles. The van der Waals surface area contributed by atoms with Crippen LogP contribution in [-0.2, 0) is 0 Å². The zero-order valence-corrected chi connectivity index (χ0v) is 8.01. The van der Waals surface area contributed by atoms with E-state index in [9.17, 15) is 0 Å². The molecule has 0 atom stereocenters. The molecule has 0 saturated carbocycles. The highest BCUT2D eigenvalue weighted by Crippen LogP contribution is 1.89. The van der Waals surface area contributed by atoms with Gasteiger partial charge in [-0.25, -0.2) is 0 Å². The highest BCUT2D eigenvalue weighted by Gasteiger charge is 1.85. The van der Waals surface area contributed by atoms with Gasteiger partial charge in [0.1, 0.15) is 0 Å². The van der Waals surface area contributed by atoms with Crippen molar-refractivity contribution in [2.75, 3.05) is 7.05 Å². The van der Waals surface area contributed by atoms with Crippen LogP contribution in [0.1, 0.15) is 5.56 Å². The summed E-state index contributed by atoms with van der Waals surface area (Å²) in [6, 6.07) is 3.71. The van der Waals surface area contributed by atoms with E-state index in [0.29, 0.717) is 5.11 Å². The third kappa shape index (κ3) is 3.62. The molecule has 1 aromatic rings. The van der Waals surface area contributed by atoms with Crippen LogP contribution < -0.4 is 10.7 Å². The van der Waals surface area contributed by atoms with Gasteiger partial charge in [-0.3, -0.25) is 10.4 Å². The average Bonchev–Trinajstić information content (AvgIpc) is 2.19. The summed E-state index contributed by atoms with van der Waals surface area (Å²) in [6.07, 6.45) is 5.08. The Bertz CT molecular complexity index is 296. The van der Waals surface area contributed by atoms with Crippen molar-refractivity contribution in [1.29, 1.82) is 0 Å². The smallest absolute Gasteiger partial charge is 0.186 e. The lowest BCUT2D eigenvalue weighted by Crippen LogP contribution is -2.28. The van der Waals surface area contributed by atoms with Gasteiger partial charge in [0.25, 0.3) is 0 Å². The molecule has 1 aromatic heterocycles. The lowest BCUT2D eigenvalue weighted by atomic mass is 10.3. The number of hydrogen-bond donors (Lipinski definition) is 2. The van der Waals surface area contributed by atoms with E-state index in [1.165, 1.54) is 0 Å². The molecule has 1 heterocycles. The Morgan fingerprint density at radius 1 is 1.54 bits per heavy atom. The molecule has 68 valence electrons. The number of nitrogens with one attached hydrogen (secondary N) is 2. The van der Waals surface area contributed by atoms with Gasteiger partial charge in [-0.05, 0) is 29.9 Å². The van der Waals surface area contributed by atoms with Crippen molar-refractivity contribution in [2.45, 2.75) is 0 Å². The summed E-state index contributed by atoms with van der Waals surface area (Å²) in [5, 5.41) is 7.14. The zero-order chi connectivity index (χ0) is 9.52. The van der Waals surface area contributed by atoms with Crippen molar-refractivity contribution in [3.05, 3.63) is 30.1 Å². The Hall–Kier alpha value is -1.49. The molecule has 0 unspecified atom stereocenters. The Labute approximate surface area is 82.1 Å². The highest BCUT2D eigenvalue weighted by atomic mass is 32.1. The molecule has 0 amide bonds. The Kier molecular flexibility index (Phi) is 3.84. The van der Waals surface area contributed by atoms with Crippen molar-refractivity contribution >= 4 is 23.5 Å². The van der Waals surface area contributed by atoms with Crippen LogP contribution in [0.3, 0.4) is 0 Å². The van der Waals surface area contributed by atoms with E-state index in [1.54, 1.807) is 25.7 Å². The standard InChI is InChI=1S/C8H10N4S/c1-9-8(13)12-11-6-7-2-4-10-5-3-7/h2-6H,1H3,(H2,9,12,13)/b11-6+. The van der Waals surface area contributed by atoms with Gasteiger partial charge in [-0.1, -0.05) is 0 Å². The van der Waals surface area contributed by atoms with Crippen LogP contribution in [0, 0.1) is 0 Å². The fraction of sp³-hybridized carbons (Fsp3) is 0.125. The van der Waals surface area contributed by atoms with E-state index in [-0.39, 0.29) is 0 Å². The van der Waals surface area contributed by atoms with Crippen molar-refractivity contribution in [3.63, 3.8) is 0 Å². The van der Waals surface area contributed by atoms with E-state index in [1.807, 2.05) is 12.1 Å². The topological polar surface area (TPSA) is 49.3 Å². The minimum atomic E-state index is 0.491. The first kappa shape index (κ1) is 9.60. The molecule has 0 aromatic carbocycles. The monoisotopic (exact) mass is 194 g/mol. The molecule has 4 nitrogen and oxygen atoms in total. The number of aromatic nitrogens is 1. The van der Waals surface area contributed by atoms with Crippen LogP contribution in [-0.4, -0.2) is 23.4 Å². The Morgan fingerprint density at radius 3 is 2.85 bits per heavy atom. The third-order valence-corrected chi connectivity index (χ3v) is 1.61. The molecule has 0 saturated heterocycles. The summed E-state index contributed by atoms with van der Waals surface area (Å²) in [6.45, 7) is 0. The molecule has 0 aliphatic heterocycles. The van der Waals surface area contributed by atoms with E-state index in [0.717, 1.165) is 5.56 Å². The summed E-state index contributed by atoms with van der Waals surface area (Å²) < 4.78 is 0. The minimum Gasteiger partial charge on any atom is -0.364 e. The van der Waals surface area contributed by atoms with E-state index < -0.39 is 0 Å². The fourth-order valence-electron chi connectivity index (χ4n) is 0.671. The number of rotatable bonds is 2. The molecule has 1 rings (SSSR count). The predicted octanol–water partition coefficient (Wildman–Crippen LogP) is 0.509. The predicted molar refractivity (Wildman–Crippen MR) is 56.6 cm³/mol. The maximum atomic E-state index is 4.82. The molecule has 2 N–H and O–H groups in total. The van der Waals surface area contributed by atoms with Gasteiger partial charge in [0, 0.05) is 19.4 Å². The second-order valence-electron chi connectivity index (χ2n) is 2.23. The zero-order valence-electron chi connectivity index (χ0n) is 7.19. The average molecular weight is 194 g/mol. The van der Waals surface area contributed by atoms with E-state index >= 15 is 0 Å². The summed E-state index contributed by atoms with van der Waals surface area (Å²) in [4.78, 5) is 3.88. The number of pyridine rings is 1. The molecular weight excluding hydrogens is 184 g/mol. The van der Waals surface area contributed by atoms with Crippen LogP contribution in [0.15, 0.2) is 29.6 Å². The normalized spacial score (nSPS) is 9.92. The molecule has 0 radical (unpaired) electrons. The van der Waals surface area contributed by atoms with Gasteiger partial charge in [-0.15, -0.1) is 0 Å². The maximum Gasteiger partial charge on any atom is 0.186 e. The van der Waals surface area contributed by atoms with Gasteiger partial charge in [0.15, 0.2) is 5.11 Å². The lowest BCUT2D eigenvalue weighted by molar-refractivity contribution is 0.982. The largest absolute Gasteiger partial charge is 0.364 e. The van der Waals surface area contributed by atoms with E-state index in [2.05, 4.69) is 20.8 Å². The first-order valence-corrected chi connectivity index (χ1v) is 4.14. The molecule has 0 fully saturated rings. The van der Waals surface area contributed by atoms with Gasteiger partial charge >= 0.3 is 0 Å². The first-order valence-electron chi connectivity index (χ1n) is 3.74. The summed E-state index contributed by atoms with van der Waals surface area (Å²) in [7, 11) is 1.73. The number of hydrazone groups is 1. The Morgan fingerprint density at radius 2 is 2.23 bits per heavy atom. The number of thiocarbonyl (C=S) groups is 1. The third-order valence-electron chi connectivity index (χ3n) is 1.31. The SMILES string of the molecule is CNC(=S)N/N=C/c1ccncc1. The van der Waals surface area contributed by atoms with Crippen LogP contribution >= 0.6 is 12.2 Å². The number of hydrogen-bond acceptors (Lipinski definition) is 3. The van der Waals surface area contributed by atoms with Gasteiger partial charge in [-0.2, -0.15) is 5.10 Å². The van der Waals surface area contributed by atoms with Crippen LogP contribution in [0.5, 0.6) is 0 Å². The molecule has 0 bridgehead atoms. The highest BCUT2D eigenvalue weighted by molar-refractivity contribution is 7.80. The molecule has 13 heavy (non-hydrogen) atoms. The maximum absolute atomic E-state index is 4.82. The molecular formula is C8H10N4S. The summed E-state index contributed by atoms with van der Waals surface area (Å²) >= 11 is 4.82. The molecule has 5 heteroatoms. The quantitative estimate of drug-likeness (QED) is 0.409. The molecule has 0 spiro atoms. The van der Waals surface area contributed by atoms with Crippen LogP contribution in [0.2, 0.25) is 0 Å². The van der Waals surface area contributed by atoms with E-state index in [4.69, 9.17) is 12.2 Å². The summed E-state index contributed by atoms with van der Waals surface area (Å²) in [5.41, 5.74) is 3.62. The van der Waals surface area contributed by atoms with Gasteiger partial charge in [0.2, 0.25) is 0 Å². The second kappa shape index (κ2) is 5.21. The van der Waals surface area contributed by atoms with Crippen LogP contribution in [0.4, 0.5) is 0 Å². The fourth-order valence-corrected chi connectivity index (χ4v) is 0.724. The summed E-state index contributed by atoms with van der Waals surface area (Å²) in [5.74, 6) is 0. The van der Waals surface area contributed by atoms with Crippen molar-refractivity contribution < 1.29 is 0 Å². The molecule has 0 aliphatic rings. The van der Waals surface area contributed by atoms with Crippen molar-refractivity contribution in [3.8, 4) is 0 Å². The first-order chi connectivity index (χ1) is 6.33. The lowest BCUT2D eigenvalue weighted by Gasteiger charge is -1.98. The van der Waals surface area contributed by atoms with Crippen molar-refractivity contribution in [1.82, 2.24) is 15.7 Å². The van der Waals surface area contributed by atoms with Gasteiger partial charge in [0.05, 0.1) is 6.21 Å².